The molecule has 1 aliphatic heterocycles. The summed E-state index contributed by atoms with van der Waals surface area (Å²) in [4.78, 5) is 27.1. The molecular weight excluding hydrogens is 466 g/mol. The molecule has 10 heteroatoms. The van der Waals surface area contributed by atoms with Gasteiger partial charge >= 0.3 is 5.97 Å². The summed E-state index contributed by atoms with van der Waals surface area (Å²) in [6, 6.07) is 11.2. The minimum absolute atomic E-state index is 0.241. The summed E-state index contributed by atoms with van der Waals surface area (Å²) in [7, 11) is -3.66. The Morgan fingerprint density at radius 3 is 2.60 bits per heavy atom. The number of hydrogen-bond acceptors (Lipinski definition) is 7. The Morgan fingerprint density at radius 1 is 1.09 bits per heavy atom. The van der Waals surface area contributed by atoms with E-state index in [1.807, 2.05) is 31.2 Å². The van der Waals surface area contributed by atoms with E-state index in [4.69, 9.17) is 9.72 Å². The van der Waals surface area contributed by atoms with Crippen molar-refractivity contribution in [3.63, 3.8) is 0 Å². The van der Waals surface area contributed by atoms with E-state index in [1.54, 1.807) is 25.3 Å². The maximum atomic E-state index is 13.3. The number of carbonyl (C=O) groups is 1. The van der Waals surface area contributed by atoms with Crippen molar-refractivity contribution in [2.75, 3.05) is 32.8 Å². The highest BCUT2D eigenvalue weighted by Crippen LogP contribution is 2.27. The molecule has 0 atom stereocenters. The van der Waals surface area contributed by atoms with E-state index in [1.165, 1.54) is 10.5 Å². The molecular formula is C25H27N5O4S. The molecule has 0 saturated carbocycles. The maximum absolute atomic E-state index is 13.3. The molecule has 1 N–H and O–H groups in total. The van der Waals surface area contributed by atoms with Gasteiger partial charge in [-0.2, -0.15) is 4.31 Å². The van der Waals surface area contributed by atoms with Crippen molar-refractivity contribution in [3.8, 4) is 0 Å². The molecule has 182 valence electrons. The van der Waals surface area contributed by atoms with Crippen LogP contribution in [0.3, 0.4) is 0 Å². The lowest BCUT2D eigenvalue weighted by atomic mass is 10.0. The van der Waals surface area contributed by atoms with Crippen LogP contribution >= 0.6 is 0 Å². The quantitative estimate of drug-likeness (QED) is 0.411. The highest BCUT2D eigenvalue weighted by Gasteiger charge is 2.31. The average Bonchev–Trinajstić information content (AvgIpc) is 3.30. The van der Waals surface area contributed by atoms with Crippen molar-refractivity contribution in [2.45, 2.75) is 25.3 Å². The zero-order valence-electron chi connectivity index (χ0n) is 19.7. The highest BCUT2D eigenvalue weighted by molar-refractivity contribution is 7.89. The summed E-state index contributed by atoms with van der Waals surface area (Å²) >= 11 is 0. The second kappa shape index (κ2) is 9.37. The molecule has 4 aromatic rings. The largest absolute Gasteiger partial charge is 0.462 e. The van der Waals surface area contributed by atoms with Gasteiger partial charge in [0.15, 0.2) is 0 Å². The fourth-order valence-electron chi connectivity index (χ4n) is 4.65. The maximum Gasteiger partial charge on any atom is 0.340 e. The number of nitrogens with one attached hydrogen (secondary N) is 1. The fourth-order valence-corrected chi connectivity index (χ4v) is 6.22. The normalized spacial score (nSPS) is 15.6. The zero-order valence-corrected chi connectivity index (χ0v) is 20.5. The smallest absolute Gasteiger partial charge is 0.340 e. The van der Waals surface area contributed by atoms with Crippen LogP contribution in [0.2, 0.25) is 0 Å². The molecule has 1 aromatic carbocycles. The van der Waals surface area contributed by atoms with Crippen molar-refractivity contribution in [1.29, 1.82) is 0 Å². The lowest BCUT2D eigenvalue weighted by molar-refractivity contribution is 0.0522. The standard InChI is InChI=1S/C25H27N5O4S/c1-3-34-25(31)23-17(2)18-7-4-5-9-20(18)28-21(23)16-29-11-13-30(14-12-29)35(32,33)22-15-27-24-19(22)8-6-10-26-24/h4-10,15H,3,11-14,16H2,1-2H3,(H,26,27). The van der Waals surface area contributed by atoms with Crippen molar-refractivity contribution >= 4 is 37.9 Å². The van der Waals surface area contributed by atoms with Crippen molar-refractivity contribution in [1.82, 2.24) is 24.2 Å². The number of esters is 1. The first-order valence-electron chi connectivity index (χ1n) is 11.6. The van der Waals surface area contributed by atoms with E-state index in [9.17, 15) is 13.2 Å². The summed E-state index contributed by atoms with van der Waals surface area (Å²) in [5.74, 6) is -0.382. The van der Waals surface area contributed by atoms with E-state index in [0.29, 0.717) is 55.0 Å². The van der Waals surface area contributed by atoms with Crippen molar-refractivity contribution < 1.29 is 17.9 Å². The van der Waals surface area contributed by atoms with Crippen LogP contribution in [0.1, 0.15) is 28.5 Å². The number of nitrogens with zero attached hydrogens (tertiary/aromatic N) is 4. The monoisotopic (exact) mass is 493 g/mol. The van der Waals surface area contributed by atoms with E-state index in [0.717, 1.165) is 16.5 Å². The number of pyridine rings is 2. The summed E-state index contributed by atoms with van der Waals surface area (Å²) in [5.41, 5.74) is 3.36. The number of fused-ring (bicyclic) bond motifs is 2. The second-order valence-electron chi connectivity index (χ2n) is 8.53. The van der Waals surface area contributed by atoms with E-state index < -0.39 is 10.0 Å². The van der Waals surface area contributed by atoms with Gasteiger partial charge in [0, 0.05) is 55.9 Å². The van der Waals surface area contributed by atoms with E-state index >= 15 is 0 Å². The number of benzene rings is 1. The third kappa shape index (κ3) is 4.29. The molecule has 1 fully saturated rings. The van der Waals surface area contributed by atoms with E-state index in [-0.39, 0.29) is 17.5 Å². The molecule has 3 aromatic heterocycles. The predicted octanol–water partition coefficient (Wildman–Crippen LogP) is 3.10. The number of carbonyl (C=O) groups excluding carboxylic acids is 1. The first-order chi connectivity index (χ1) is 16.9. The Labute approximate surface area is 203 Å². The molecule has 5 rings (SSSR count). The lowest BCUT2D eigenvalue weighted by Gasteiger charge is -2.34. The second-order valence-corrected chi connectivity index (χ2v) is 10.4. The average molecular weight is 494 g/mol. The van der Waals surface area contributed by atoms with Crippen LogP contribution < -0.4 is 0 Å². The van der Waals surface area contributed by atoms with Gasteiger partial charge in [0.1, 0.15) is 10.5 Å². The summed E-state index contributed by atoms with van der Waals surface area (Å²) < 4.78 is 33.5. The third-order valence-electron chi connectivity index (χ3n) is 6.44. The minimum atomic E-state index is -3.66. The molecule has 0 aliphatic carbocycles. The van der Waals surface area contributed by atoms with Crippen LogP contribution in [0.5, 0.6) is 0 Å². The molecule has 9 nitrogen and oxygen atoms in total. The Kier molecular flexibility index (Phi) is 6.26. The van der Waals surface area contributed by atoms with Gasteiger partial charge in [-0.25, -0.2) is 18.2 Å². The molecule has 0 amide bonds. The Morgan fingerprint density at radius 2 is 1.83 bits per heavy atom. The van der Waals surface area contributed by atoms with Crippen LogP contribution in [0.15, 0.2) is 53.7 Å². The molecule has 1 saturated heterocycles. The van der Waals surface area contributed by atoms with E-state index in [2.05, 4.69) is 14.9 Å². The topological polar surface area (TPSA) is 108 Å². The molecule has 1 aliphatic rings. The minimum Gasteiger partial charge on any atom is -0.462 e. The Bertz CT molecular complexity index is 1510. The third-order valence-corrected chi connectivity index (χ3v) is 8.38. The van der Waals surface area contributed by atoms with Crippen LogP contribution in [-0.4, -0.2) is 71.3 Å². The lowest BCUT2D eigenvalue weighted by Crippen LogP contribution is -2.48. The molecule has 35 heavy (non-hydrogen) atoms. The summed E-state index contributed by atoms with van der Waals surface area (Å²) in [6.07, 6.45) is 3.13. The number of piperazine rings is 1. The molecule has 0 spiro atoms. The van der Waals surface area contributed by atoms with Crippen molar-refractivity contribution in [3.05, 3.63) is 65.6 Å². The van der Waals surface area contributed by atoms with Gasteiger partial charge in [0.25, 0.3) is 0 Å². The van der Waals surface area contributed by atoms with Crippen LogP contribution in [0.4, 0.5) is 0 Å². The Balaban J connectivity index is 1.37. The number of sulfonamides is 1. The van der Waals surface area contributed by atoms with Crippen molar-refractivity contribution in [2.24, 2.45) is 0 Å². The molecule has 0 bridgehead atoms. The van der Waals surface area contributed by atoms with Gasteiger partial charge in [-0.3, -0.25) is 9.88 Å². The van der Waals surface area contributed by atoms with Gasteiger partial charge in [0.2, 0.25) is 10.0 Å². The SMILES string of the molecule is CCOC(=O)c1c(CN2CCN(S(=O)(=O)c3c[nH]c4ncccc34)CC2)nc2ccccc2c1C. The number of ether oxygens (including phenoxy) is 1. The number of hydrogen-bond donors (Lipinski definition) is 1. The molecule has 0 radical (unpaired) electrons. The first kappa shape index (κ1) is 23.4. The number of para-hydroxylation sites is 1. The van der Waals surface area contributed by atoms with Crippen LogP contribution in [-0.2, 0) is 21.3 Å². The number of aromatic amines is 1. The zero-order chi connectivity index (χ0) is 24.6. The number of rotatable bonds is 6. The summed E-state index contributed by atoms with van der Waals surface area (Å²) in [5, 5.41) is 1.51. The highest BCUT2D eigenvalue weighted by atomic mass is 32.2. The number of aryl methyl sites for hydroxylation is 1. The number of aromatic nitrogens is 3. The Hall–Kier alpha value is -3.34. The van der Waals surface area contributed by atoms with Crippen LogP contribution in [0.25, 0.3) is 21.9 Å². The molecule has 4 heterocycles. The number of H-pyrrole nitrogens is 1. The van der Waals surface area contributed by atoms with Gasteiger partial charge in [-0.15, -0.1) is 0 Å². The first-order valence-corrected chi connectivity index (χ1v) is 13.0. The van der Waals surface area contributed by atoms with Crippen LogP contribution in [0, 0.1) is 6.92 Å². The summed E-state index contributed by atoms with van der Waals surface area (Å²) in [6.45, 7) is 6.15. The predicted molar refractivity (Wildman–Crippen MR) is 133 cm³/mol. The van der Waals surface area contributed by atoms with Gasteiger partial charge in [0.05, 0.1) is 23.4 Å². The fraction of sp³-hybridized carbons (Fsp3) is 0.320. The van der Waals surface area contributed by atoms with Gasteiger partial charge in [-0.1, -0.05) is 18.2 Å². The molecule has 0 unspecified atom stereocenters. The van der Waals surface area contributed by atoms with Gasteiger partial charge in [-0.05, 0) is 37.6 Å². The van der Waals surface area contributed by atoms with Gasteiger partial charge < -0.3 is 9.72 Å².